The van der Waals surface area contributed by atoms with E-state index in [1.54, 1.807) is 6.92 Å². The third kappa shape index (κ3) is 2.79. The number of esters is 1. The average Bonchev–Trinajstić information content (AvgIpc) is 2.53. The molecule has 1 heterocycles. The second kappa shape index (κ2) is 5.60. The fourth-order valence-electron chi connectivity index (χ4n) is 1.63. The van der Waals surface area contributed by atoms with Crippen molar-refractivity contribution in [3.8, 4) is 0 Å². The van der Waals surface area contributed by atoms with Gasteiger partial charge in [-0.15, -0.1) is 0 Å². The summed E-state index contributed by atoms with van der Waals surface area (Å²) >= 11 is 0. The lowest BCUT2D eigenvalue weighted by molar-refractivity contribution is -0.141. The molecule has 1 aliphatic heterocycles. The Labute approximate surface area is 93.9 Å². The van der Waals surface area contributed by atoms with Crippen molar-refractivity contribution in [2.24, 2.45) is 0 Å². The molecule has 0 spiro atoms. The Bertz CT molecular complexity index is 303. The standard InChI is InChI=1S/C10H16N2O4/c1-3-12-8(13)6-7(10(12)15)11-5-4-9(14)16-2/h7,11H,3-6H2,1-2H3. The van der Waals surface area contributed by atoms with Crippen LogP contribution in [0.2, 0.25) is 0 Å². The van der Waals surface area contributed by atoms with Crippen molar-refractivity contribution in [1.29, 1.82) is 0 Å². The van der Waals surface area contributed by atoms with Gasteiger partial charge in [-0.3, -0.25) is 19.3 Å². The van der Waals surface area contributed by atoms with Crippen molar-refractivity contribution in [2.45, 2.75) is 25.8 Å². The molecule has 2 amide bonds. The van der Waals surface area contributed by atoms with Gasteiger partial charge in [-0.25, -0.2) is 0 Å². The molecule has 6 nitrogen and oxygen atoms in total. The minimum absolute atomic E-state index is 0.164. The Morgan fingerprint density at radius 2 is 2.25 bits per heavy atom. The number of hydrogen-bond donors (Lipinski definition) is 1. The van der Waals surface area contributed by atoms with E-state index in [-0.39, 0.29) is 30.6 Å². The van der Waals surface area contributed by atoms with Gasteiger partial charge in [-0.05, 0) is 6.92 Å². The molecular weight excluding hydrogens is 212 g/mol. The quantitative estimate of drug-likeness (QED) is 0.497. The van der Waals surface area contributed by atoms with Crippen molar-refractivity contribution < 1.29 is 19.1 Å². The highest BCUT2D eigenvalue weighted by atomic mass is 16.5. The summed E-state index contributed by atoms with van der Waals surface area (Å²) in [6.07, 6.45) is 0.369. The van der Waals surface area contributed by atoms with Gasteiger partial charge in [0.05, 0.1) is 26.0 Å². The van der Waals surface area contributed by atoms with E-state index < -0.39 is 6.04 Å². The number of imide groups is 1. The first-order chi connectivity index (χ1) is 7.60. The number of carbonyl (C=O) groups excluding carboxylic acids is 3. The van der Waals surface area contributed by atoms with Gasteiger partial charge in [0.25, 0.3) is 0 Å². The van der Waals surface area contributed by atoms with Crippen LogP contribution in [-0.2, 0) is 19.1 Å². The molecule has 0 aliphatic carbocycles. The maximum atomic E-state index is 11.6. The first kappa shape index (κ1) is 12.6. The van der Waals surface area contributed by atoms with Gasteiger partial charge in [0.1, 0.15) is 0 Å². The summed E-state index contributed by atoms with van der Waals surface area (Å²) in [5.41, 5.74) is 0. The van der Waals surface area contributed by atoms with Crippen molar-refractivity contribution in [2.75, 3.05) is 20.2 Å². The number of ether oxygens (including phenoxy) is 1. The number of nitrogens with one attached hydrogen (secondary N) is 1. The van der Waals surface area contributed by atoms with E-state index in [0.29, 0.717) is 13.1 Å². The van der Waals surface area contributed by atoms with Crippen LogP contribution in [0.5, 0.6) is 0 Å². The van der Waals surface area contributed by atoms with Crippen LogP contribution >= 0.6 is 0 Å². The number of rotatable bonds is 5. The molecule has 1 unspecified atom stereocenters. The van der Waals surface area contributed by atoms with E-state index in [4.69, 9.17) is 0 Å². The maximum Gasteiger partial charge on any atom is 0.306 e. The van der Waals surface area contributed by atoms with Gasteiger partial charge in [0, 0.05) is 13.1 Å². The molecule has 0 saturated carbocycles. The molecule has 0 aromatic carbocycles. The molecule has 0 bridgehead atoms. The molecule has 6 heteroatoms. The van der Waals surface area contributed by atoms with E-state index >= 15 is 0 Å². The topological polar surface area (TPSA) is 75.7 Å². The maximum absolute atomic E-state index is 11.6. The van der Waals surface area contributed by atoms with Gasteiger partial charge in [-0.2, -0.15) is 0 Å². The number of methoxy groups -OCH3 is 1. The molecular formula is C10H16N2O4. The van der Waals surface area contributed by atoms with Crippen LogP contribution in [0.3, 0.4) is 0 Å². The zero-order valence-corrected chi connectivity index (χ0v) is 9.49. The molecule has 1 rings (SSSR count). The second-order valence-corrected chi connectivity index (χ2v) is 3.51. The predicted octanol–water partition coefficient (Wildman–Crippen LogP) is -0.713. The number of hydrogen-bond acceptors (Lipinski definition) is 5. The zero-order chi connectivity index (χ0) is 12.1. The number of likely N-dealkylation sites (N-methyl/N-ethyl adjacent to an activating group) is 1. The Balaban J connectivity index is 2.37. The first-order valence-electron chi connectivity index (χ1n) is 5.24. The largest absolute Gasteiger partial charge is 0.469 e. The lowest BCUT2D eigenvalue weighted by Crippen LogP contribution is -2.39. The number of likely N-dealkylation sites (tertiary alicyclic amines) is 1. The Morgan fingerprint density at radius 3 is 2.75 bits per heavy atom. The molecule has 0 radical (unpaired) electrons. The molecule has 90 valence electrons. The summed E-state index contributed by atoms with van der Waals surface area (Å²) in [4.78, 5) is 35.0. The summed E-state index contributed by atoms with van der Waals surface area (Å²) in [6.45, 7) is 2.49. The summed E-state index contributed by atoms with van der Waals surface area (Å²) in [5.74, 6) is -0.711. The van der Waals surface area contributed by atoms with Crippen molar-refractivity contribution >= 4 is 17.8 Å². The third-order valence-corrected chi connectivity index (χ3v) is 2.51. The summed E-state index contributed by atoms with van der Waals surface area (Å²) in [5, 5.41) is 2.88. The van der Waals surface area contributed by atoms with Gasteiger partial charge >= 0.3 is 5.97 Å². The molecule has 1 saturated heterocycles. The van der Waals surface area contributed by atoms with E-state index in [9.17, 15) is 14.4 Å². The van der Waals surface area contributed by atoms with E-state index in [1.165, 1.54) is 12.0 Å². The smallest absolute Gasteiger partial charge is 0.306 e. The second-order valence-electron chi connectivity index (χ2n) is 3.51. The zero-order valence-electron chi connectivity index (χ0n) is 9.49. The summed E-state index contributed by atoms with van der Waals surface area (Å²) < 4.78 is 4.46. The average molecular weight is 228 g/mol. The molecule has 1 atom stereocenters. The summed E-state index contributed by atoms with van der Waals surface area (Å²) in [7, 11) is 1.31. The molecule has 1 N–H and O–H groups in total. The first-order valence-corrected chi connectivity index (χ1v) is 5.24. The lowest BCUT2D eigenvalue weighted by Gasteiger charge is -2.12. The van der Waals surface area contributed by atoms with Gasteiger partial charge < -0.3 is 10.1 Å². The molecule has 1 fully saturated rings. The fourth-order valence-corrected chi connectivity index (χ4v) is 1.63. The van der Waals surface area contributed by atoms with Crippen LogP contribution in [-0.4, -0.2) is 48.9 Å². The van der Waals surface area contributed by atoms with Crippen LogP contribution in [0.15, 0.2) is 0 Å². The highest BCUT2D eigenvalue weighted by molar-refractivity contribution is 6.05. The van der Waals surface area contributed by atoms with E-state index in [0.717, 1.165) is 0 Å². The molecule has 0 aromatic heterocycles. The van der Waals surface area contributed by atoms with Crippen LogP contribution in [0.25, 0.3) is 0 Å². The molecule has 0 aromatic rings. The Kier molecular flexibility index (Phi) is 4.42. The minimum Gasteiger partial charge on any atom is -0.469 e. The van der Waals surface area contributed by atoms with Gasteiger partial charge in [0.15, 0.2) is 0 Å². The van der Waals surface area contributed by atoms with Gasteiger partial charge in [0.2, 0.25) is 11.8 Å². The predicted molar refractivity (Wildman–Crippen MR) is 55.4 cm³/mol. The number of nitrogens with zero attached hydrogens (tertiary/aromatic N) is 1. The lowest BCUT2D eigenvalue weighted by atomic mass is 10.2. The third-order valence-electron chi connectivity index (χ3n) is 2.51. The highest BCUT2D eigenvalue weighted by Gasteiger charge is 2.36. The molecule has 16 heavy (non-hydrogen) atoms. The Morgan fingerprint density at radius 1 is 1.56 bits per heavy atom. The van der Waals surface area contributed by atoms with Crippen molar-refractivity contribution in [1.82, 2.24) is 10.2 Å². The van der Waals surface area contributed by atoms with Crippen molar-refractivity contribution in [3.63, 3.8) is 0 Å². The number of amides is 2. The van der Waals surface area contributed by atoms with Crippen LogP contribution < -0.4 is 5.32 Å². The van der Waals surface area contributed by atoms with Gasteiger partial charge in [-0.1, -0.05) is 0 Å². The van der Waals surface area contributed by atoms with Crippen molar-refractivity contribution in [3.05, 3.63) is 0 Å². The number of carbonyl (C=O) groups is 3. The van der Waals surface area contributed by atoms with E-state index in [1.807, 2.05) is 0 Å². The fraction of sp³-hybridized carbons (Fsp3) is 0.700. The monoisotopic (exact) mass is 228 g/mol. The van der Waals surface area contributed by atoms with E-state index in [2.05, 4.69) is 10.1 Å². The summed E-state index contributed by atoms with van der Waals surface area (Å²) in [6, 6.07) is -0.489. The normalized spacial score (nSPS) is 20.4. The van der Waals surface area contributed by atoms with Crippen LogP contribution in [0.4, 0.5) is 0 Å². The van der Waals surface area contributed by atoms with Crippen LogP contribution in [0, 0.1) is 0 Å². The minimum atomic E-state index is -0.489. The highest BCUT2D eigenvalue weighted by Crippen LogP contribution is 2.12. The Hall–Kier alpha value is -1.43. The SMILES string of the molecule is CCN1C(=O)CC(NCCC(=O)OC)C1=O. The molecule has 1 aliphatic rings. The van der Waals surface area contributed by atoms with Crippen LogP contribution in [0.1, 0.15) is 19.8 Å².